The molecule has 1 unspecified atom stereocenters. The number of fused-ring (bicyclic) bond motifs is 1. The number of nitrogens with one attached hydrogen (secondary N) is 1. The SMILES string of the molecule is CCN1C(=O)C2(N=C(c3ccccc3)c3ccccc31)NC(=O)N(c1cccc(C)c1)C2=O. The molecule has 7 heteroatoms. The molecule has 2 aliphatic heterocycles. The number of aliphatic imine (C=N–C) groups is 1. The molecule has 0 bridgehead atoms. The smallest absolute Gasteiger partial charge is 0.308 e. The Hall–Kier alpha value is -4.26. The molecule has 3 aromatic carbocycles. The fourth-order valence-corrected chi connectivity index (χ4v) is 4.36. The zero-order chi connectivity index (χ0) is 23.2. The van der Waals surface area contributed by atoms with E-state index in [1.807, 2.05) is 74.5 Å². The molecule has 1 spiro atoms. The lowest BCUT2D eigenvalue weighted by molar-refractivity contribution is -0.133. The van der Waals surface area contributed by atoms with E-state index >= 15 is 0 Å². The van der Waals surface area contributed by atoms with Crippen molar-refractivity contribution in [2.75, 3.05) is 16.3 Å². The number of para-hydroxylation sites is 1. The molecule has 4 amide bonds. The van der Waals surface area contributed by atoms with Gasteiger partial charge in [-0.15, -0.1) is 0 Å². The fraction of sp³-hybridized carbons (Fsp3) is 0.154. The van der Waals surface area contributed by atoms with Crippen molar-refractivity contribution in [3.05, 3.63) is 95.6 Å². The minimum absolute atomic E-state index is 0.308. The highest BCUT2D eigenvalue weighted by atomic mass is 16.2. The van der Waals surface area contributed by atoms with Gasteiger partial charge in [0.25, 0.3) is 17.5 Å². The van der Waals surface area contributed by atoms with Gasteiger partial charge in [0, 0.05) is 17.7 Å². The summed E-state index contributed by atoms with van der Waals surface area (Å²) in [6, 6.07) is 23.1. The number of urea groups is 1. The third kappa shape index (κ3) is 3.12. The van der Waals surface area contributed by atoms with Crippen molar-refractivity contribution in [1.82, 2.24) is 5.32 Å². The predicted octanol–water partition coefficient (Wildman–Crippen LogP) is 3.65. The van der Waals surface area contributed by atoms with E-state index in [0.717, 1.165) is 16.0 Å². The second-order valence-electron chi connectivity index (χ2n) is 8.01. The maximum absolute atomic E-state index is 13.9. The molecule has 0 aromatic heterocycles. The molecule has 7 nitrogen and oxygen atoms in total. The summed E-state index contributed by atoms with van der Waals surface area (Å²) in [4.78, 5) is 48.1. The highest BCUT2D eigenvalue weighted by molar-refractivity contribution is 6.35. The van der Waals surface area contributed by atoms with Gasteiger partial charge >= 0.3 is 6.03 Å². The van der Waals surface area contributed by atoms with E-state index in [9.17, 15) is 14.4 Å². The summed E-state index contributed by atoms with van der Waals surface area (Å²) in [6.07, 6.45) is 0. The van der Waals surface area contributed by atoms with Crippen LogP contribution < -0.4 is 15.1 Å². The number of carbonyl (C=O) groups is 3. The predicted molar refractivity (Wildman–Crippen MR) is 126 cm³/mol. The van der Waals surface area contributed by atoms with E-state index in [2.05, 4.69) is 5.32 Å². The van der Waals surface area contributed by atoms with Crippen LogP contribution in [-0.2, 0) is 9.59 Å². The van der Waals surface area contributed by atoms with E-state index in [1.165, 1.54) is 4.90 Å². The Labute approximate surface area is 191 Å². The lowest BCUT2D eigenvalue weighted by atomic mass is 10.00. The van der Waals surface area contributed by atoms with Crippen LogP contribution in [0, 0.1) is 6.92 Å². The lowest BCUT2D eigenvalue weighted by Gasteiger charge is -2.27. The first-order valence-electron chi connectivity index (χ1n) is 10.8. The molecule has 0 radical (unpaired) electrons. The molecule has 1 atom stereocenters. The Bertz CT molecular complexity index is 1320. The first-order valence-corrected chi connectivity index (χ1v) is 10.8. The Morgan fingerprint density at radius 2 is 1.61 bits per heavy atom. The minimum atomic E-state index is -2.10. The first-order chi connectivity index (χ1) is 16.0. The third-order valence-electron chi connectivity index (χ3n) is 5.91. The number of anilines is 2. The number of hydrogen-bond acceptors (Lipinski definition) is 4. The zero-order valence-electron chi connectivity index (χ0n) is 18.3. The van der Waals surface area contributed by atoms with Crippen molar-refractivity contribution in [2.24, 2.45) is 4.99 Å². The Kier molecular flexibility index (Phi) is 4.82. The molecule has 2 aliphatic rings. The highest BCUT2D eigenvalue weighted by Crippen LogP contribution is 2.35. The summed E-state index contributed by atoms with van der Waals surface area (Å²) >= 11 is 0. The van der Waals surface area contributed by atoms with Crippen LogP contribution in [0.1, 0.15) is 23.6 Å². The first kappa shape index (κ1) is 20.6. The van der Waals surface area contributed by atoms with Crippen LogP contribution in [0.5, 0.6) is 0 Å². The van der Waals surface area contributed by atoms with E-state index < -0.39 is 23.5 Å². The van der Waals surface area contributed by atoms with Gasteiger partial charge < -0.3 is 4.90 Å². The average molecular weight is 438 g/mol. The molecule has 1 N–H and O–H groups in total. The van der Waals surface area contributed by atoms with Crippen LogP contribution in [0.4, 0.5) is 16.2 Å². The second-order valence-corrected chi connectivity index (χ2v) is 8.01. The van der Waals surface area contributed by atoms with Gasteiger partial charge in [-0.05, 0) is 37.6 Å². The number of carbonyl (C=O) groups excluding carboxylic acids is 3. The van der Waals surface area contributed by atoms with Crippen molar-refractivity contribution < 1.29 is 14.4 Å². The molecule has 0 saturated carbocycles. The minimum Gasteiger partial charge on any atom is -0.308 e. The molecule has 3 aromatic rings. The topological polar surface area (TPSA) is 82.1 Å². The van der Waals surface area contributed by atoms with E-state index in [4.69, 9.17) is 4.99 Å². The van der Waals surface area contributed by atoms with E-state index in [1.54, 1.807) is 18.2 Å². The average Bonchev–Trinajstić information content (AvgIpc) is 3.02. The summed E-state index contributed by atoms with van der Waals surface area (Å²) in [5, 5.41) is 2.63. The van der Waals surface area contributed by atoms with Gasteiger partial charge in [-0.2, -0.15) is 0 Å². The summed E-state index contributed by atoms with van der Waals surface area (Å²) in [5.74, 6) is -1.31. The number of imide groups is 1. The van der Waals surface area contributed by atoms with E-state index in [0.29, 0.717) is 29.2 Å². The molecule has 2 heterocycles. The van der Waals surface area contributed by atoms with Gasteiger partial charge in [0.2, 0.25) is 0 Å². The number of rotatable bonds is 3. The molecular formula is C26H22N4O3. The van der Waals surface area contributed by atoms with Gasteiger partial charge in [-0.1, -0.05) is 60.7 Å². The third-order valence-corrected chi connectivity index (χ3v) is 5.91. The molecule has 1 saturated heterocycles. The molecule has 5 rings (SSSR count). The normalized spacial score (nSPS) is 19.9. The molecule has 164 valence electrons. The highest BCUT2D eigenvalue weighted by Gasteiger charge is 2.60. The number of aryl methyl sites for hydroxylation is 1. The monoisotopic (exact) mass is 438 g/mol. The lowest BCUT2D eigenvalue weighted by Crippen LogP contribution is -2.58. The van der Waals surface area contributed by atoms with Gasteiger partial charge in [0.1, 0.15) is 0 Å². The standard InChI is InChI=1S/C26H22N4O3/c1-3-29-21-15-8-7-14-20(21)22(18-11-5-4-6-12-18)27-26(23(29)31)24(32)30(25(33)28-26)19-13-9-10-17(2)16-19/h4-16H,3H2,1-2H3,(H,28,33). The van der Waals surface area contributed by atoms with Crippen molar-refractivity contribution in [2.45, 2.75) is 19.5 Å². The molecule has 1 fully saturated rings. The number of nitrogens with zero attached hydrogens (tertiary/aromatic N) is 3. The Morgan fingerprint density at radius 1 is 0.879 bits per heavy atom. The van der Waals surface area contributed by atoms with Gasteiger partial charge in [-0.3, -0.25) is 14.9 Å². The van der Waals surface area contributed by atoms with E-state index in [-0.39, 0.29) is 0 Å². The number of amides is 4. The number of likely N-dealkylation sites (N-methyl/N-ethyl adjacent to an activating group) is 1. The van der Waals surface area contributed by atoms with Crippen LogP contribution >= 0.6 is 0 Å². The maximum atomic E-state index is 13.9. The summed E-state index contributed by atoms with van der Waals surface area (Å²) in [7, 11) is 0. The van der Waals surface area contributed by atoms with Crippen LogP contribution in [0.25, 0.3) is 0 Å². The summed E-state index contributed by atoms with van der Waals surface area (Å²) in [6.45, 7) is 4.01. The van der Waals surface area contributed by atoms with Crippen molar-refractivity contribution >= 4 is 34.9 Å². The van der Waals surface area contributed by atoms with Crippen molar-refractivity contribution in [3.8, 4) is 0 Å². The van der Waals surface area contributed by atoms with Gasteiger partial charge in [0.15, 0.2) is 0 Å². The van der Waals surface area contributed by atoms with Crippen LogP contribution in [-0.4, -0.2) is 35.8 Å². The molecule has 0 aliphatic carbocycles. The summed E-state index contributed by atoms with van der Waals surface area (Å²) < 4.78 is 0. The van der Waals surface area contributed by atoms with Crippen LogP contribution in [0.15, 0.2) is 83.9 Å². The quantitative estimate of drug-likeness (QED) is 0.501. The Balaban J connectivity index is 1.75. The maximum Gasteiger partial charge on any atom is 0.331 e. The van der Waals surface area contributed by atoms with Crippen LogP contribution in [0.3, 0.4) is 0 Å². The van der Waals surface area contributed by atoms with Crippen molar-refractivity contribution in [1.29, 1.82) is 0 Å². The van der Waals surface area contributed by atoms with Gasteiger partial charge in [0.05, 0.1) is 17.1 Å². The molecule has 33 heavy (non-hydrogen) atoms. The second kappa shape index (κ2) is 7.70. The zero-order valence-corrected chi connectivity index (χ0v) is 18.3. The number of hydrogen-bond donors (Lipinski definition) is 1. The largest absolute Gasteiger partial charge is 0.331 e. The number of benzene rings is 3. The molecular weight excluding hydrogens is 416 g/mol. The fourth-order valence-electron chi connectivity index (χ4n) is 4.36. The van der Waals surface area contributed by atoms with Gasteiger partial charge in [-0.25, -0.2) is 14.7 Å². The summed E-state index contributed by atoms with van der Waals surface area (Å²) in [5.41, 5.74) is 1.75. The van der Waals surface area contributed by atoms with Crippen molar-refractivity contribution in [3.63, 3.8) is 0 Å². The van der Waals surface area contributed by atoms with Crippen LogP contribution in [0.2, 0.25) is 0 Å². The Morgan fingerprint density at radius 3 is 2.33 bits per heavy atom.